The first-order chi connectivity index (χ1) is 15.9. The number of thiocarbonyl (C=S) groups is 1. The lowest BCUT2D eigenvalue weighted by Crippen LogP contribution is -2.54. The summed E-state index contributed by atoms with van der Waals surface area (Å²) in [7, 11) is 0. The number of nitrogens with zero attached hydrogens (tertiary/aromatic N) is 2. The van der Waals surface area contributed by atoms with E-state index in [4.69, 9.17) is 23.8 Å². The van der Waals surface area contributed by atoms with Crippen LogP contribution in [0.15, 0.2) is 83.5 Å². The van der Waals surface area contributed by atoms with E-state index in [0.717, 1.165) is 0 Å². The zero-order chi connectivity index (χ0) is 23.4. The van der Waals surface area contributed by atoms with E-state index in [-0.39, 0.29) is 22.2 Å². The molecule has 0 unspecified atom stereocenters. The molecular weight excluding hydrogens is 478 g/mol. The summed E-state index contributed by atoms with van der Waals surface area (Å²) >= 11 is 12.4. The fraction of sp³-hybridized carbons (Fsp3) is 0.0417. The van der Waals surface area contributed by atoms with Crippen LogP contribution in [-0.2, 0) is 9.59 Å². The minimum absolute atomic E-state index is 0.0151. The molecule has 4 rings (SSSR count). The van der Waals surface area contributed by atoms with Gasteiger partial charge in [0.05, 0.1) is 11.4 Å². The average molecular weight is 494 g/mol. The topological polar surface area (TPSA) is 79.4 Å². The van der Waals surface area contributed by atoms with Crippen molar-refractivity contribution in [3.63, 3.8) is 0 Å². The Balaban J connectivity index is 1.60. The van der Waals surface area contributed by atoms with Gasteiger partial charge in [-0.2, -0.15) is 0 Å². The van der Waals surface area contributed by atoms with Crippen LogP contribution in [0.1, 0.15) is 15.9 Å². The van der Waals surface area contributed by atoms with Crippen molar-refractivity contribution in [2.24, 2.45) is 0 Å². The average Bonchev–Trinajstić information content (AvgIpc) is 2.82. The van der Waals surface area contributed by atoms with Gasteiger partial charge in [0, 0.05) is 22.3 Å². The Hall–Kier alpha value is -3.33. The monoisotopic (exact) mass is 493 g/mol. The first kappa shape index (κ1) is 22.8. The summed E-state index contributed by atoms with van der Waals surface area (Å²) in [4.78, 5) is 43.8. The van der Waals surface area contributed by atoms with Crippen LogP contribution in [0.3, 0.4) is 0 Å². The summed E-state index contributed by atoms with van der Waals surface area (Å²) in [6.07, 6.45) is 3.06. The fourth-order valence-corrected chi connectivity index (χ4v) is 4.38. The van der Waals surface area contributed by atoms with E-state index in [1.807, 2.05) is 6.07 Å². The van der Waals surface area contributed by atoms with E-state index in [2.05, 4.69) is 10.3 Å². The number of rotatable bonds is 6. The Bertz CT molecular complexity index is 1280. The minimum Gasteiger partial charge on any atom is -0.298 e. The number of thioether (sulfide) groups is 1. The van der Waals surface area contributed by atoms with Gasteiger partial charge in [-0.25, -0.2) is 4.98 Å². The number of amides is 2. The van der Waals surface area contributed by atoms with Gasteiger partial charge in [-0.1, -0.05) is 59.8 Å². The molecule has 0 aliphatic carbocycles. The van der Waals surface area contributed by atoms with Gasteiger partial charge in [0.15, 0.2) is 10.9 Å². The highest BCUT2D eigenvalue weighted by atomic mass is 35.5. The molecule has 164 valence electrons. The van der Waals surface area contributed by atoms with E-state index >= 15 is 0 Å². The zero-order valence-corrected chi connectivity index (χ0v) is 19.4. The van der Waals surface area contributed by atoms with Gasteiger partial charge in [-0.05, 0) is 48.6 Å². The number of ketones is 1. The molecule has 2 aromatic carbocycles. The molecule has 1 aromatic heterocycles. The first-order valence-electron chi connectivity index (χ1n) is 9.77. The summed E-state index contributed by atoms with van der Waals surface area (Å²) in [5, 5.41) is 3.57. The normalized spacial score (nSPS) is 15.0. The third-order valence-electron chi connectivity index (χ3n) is 4.72. The van der Waals surface area contributed by atoms with Crippen LogP contribution in [0.25, 0.3) is 6.08 Å². The van der Waals surface area contributed by atoms with Crippen LogP contribution in [0.4, 0.5) is 5.69 Å². The number of hydrogen-bond acceptors (Lipinski definition) is 6. The molecule has 0 atom stereocenters. The molecule has 0 spiro atoms. The summed E-state index contributed by atoms with van der Waals surface area (Å²) in [6.45, 7) is 0. The standard InChI is InChI=1S/C24H16ClN3O3S2/c25-17-8-10-18(11-9-17)28-23(31)19(21(30)27-24(28)32)13-16-7-4-12-26-22(16)33-14-20(29)15-5-2-1-3-6-15/h1-13H,14H2,(H,27,30,32)/b19-13-. The van der Waals surface area contributed by atoms with Crippen molar-refractivity contribution in [1.82, 2.24) is 10.3 Å². The number of aromatic nitrogens is 1. The number of hydrogen-bond donors (Lipinski definition) is 1. The van der Waals surface area contributed by atoms with Gasteiger partial charge >= 0.3 is 0 Å². The molecule has 0 bridgehead atoms. The number of carbonyl (C=O) groups excluding carboxylic acids is 3. The SMILES string of the molecule is O=C1NC(=S)N(c2ccc(Cl)cc2)C(=O)/C1=C\c1cccnc1SCC(=O)c1ccccc1. The van der Waals surface area contributed by atoms with Crippen LogP contribution in [0.2, 0.25) is 5.02 Å². The Labute approximate surface area is 204 Å². The molecule has 2 amide bonds. The van der Waals surface area contributed by atoms with Crippen LogP contribution in [-0.4, -0.2) is 33.4 Å². The van der Waals surface area contributed by atoms with Crippen molar-refractivity contribution in [3.05, 3.63) is 94.6 Å². The van der Waals surface area contributed by atoms with E-state index in [1.165, 1.54) is 22.7 Å². The summed E-state index contributed by atoms with van der Waals surface area (Å²) < 4.78 is 0. The lowest BCUT2D eigenvalue weighted by molar-refractivity contribution is -0.122. The van der Waals surface area contributed by atoms with Crippen LogP contribution >= 0.6 is 35.6 Å². The number of pyridine rings is 1. The van der Waals surface area contributed by atoms with Gasteiger partial charge in [-0.15, -0.1) is 0 Å². The number of carbonyl (C=O) groups is 3. The molecule has 1 aliphatic rings. The third-order valence-corrected chi connectivity index (χ3v) is 6.28. The van der Waals surface area contributed by atoms with Gasteiger partial charge in [-0.3, -0.25) is 24.6 Å². The molecule has 0 radical (unpaired) electrons. The van der Waals surface area contributed by atoms with E-state index in [9.17, 15) is 14.4 Å². The quantitative estimate of drug-likeness (QED) is 0.178. The van der Waals surface area contributed by atoms with Crippen molar-refractivity contribution in [3.8, 4) is 0 Å². The molecule has 1 N–H and O–H groups in total. The molecule has 6 nitrogen and oxygen atoms in total. The maximum Gasteiger partial charge on any atom is 0.270 e. The predicted octanol–water partition coefficient (Wildman–Crippen LogP) is 4.54. The van der Waals surface area contributed by atoms with Gasteiger partial charge in [0.25, 0.3) is 11.8 Å². The van der Waals surface area contributed by atoms with Crippen molar-refractivity contribution < 1.29 is 14.4 Å². The molecule has 1 saturated heterocycles. The van der Waals surface area contributed by atoms with Crippen molar-refractivity contribution in [2.75, 3.05) is 10.7 Å². The Morgan fingerprint density at radius 1 is 1.06 bits per heavy atom. The summed E-state index contributed by atoms with van der Waals surface area (Å²) in [5.41, 5.74) is 1.54. The van der Waals surface area contributed by atoms with E-state index < -0.39 is 11.8 Å². The molecule has 0 saturated carbocycles. The maximum absolute atomic E-state index is 13.2. The highest BCUT2D eigenvalue weighted by molar-refractivity contribution is 8.00. The highest BCUT2D eigenvalue weighted by Crippen LogP contribution is 2.27. The van der Waals surface area contributed by atoms with Crippen LogP contribution in [0.5, 0.6) is 0 Å². The minimum atomic E-state index is -0.602. The van der Waals surface area contributed by atoms with Crippen LogP contribution in [0, 0.1) is 0 Å². The third kappa shape index (κ3) is 5.19. The number of nitrogens with one attached hydrogen (secondary N) is 1. The number of halogens is 1. The van der Waals surface area contributed by atoms with E-state index in [1.54, 1.807) is 66.9 Å². The maximum atomic E-state index is 13.2. The highest BCUT2D eigenvalue weighted by Gasteiger charge is 2.34. The summed E-state index contributed by atoms with van der Waals surface area (Å²) in [6, 6.07) is 18.9. The largest absolute Gasteiger partial charge is 0.298 e. The number of Topliss-reactive ketones (excluding diaryl/α,β-unsaturated/α-hetero) is 1. The smallest absolute Gasteiger partial charge is 0.270 e. The van der Waals surface area contributed by atoms with Crippen molar-refractivity contribution in [2.45, 2.75) is 5.03 Å². The number of anilines is 1. The molecule has 33 heavy (non-hydrogen) atoms. The molecule has 9 heteroatoms. The van der Waals surface area contributed by atoms with Crippen molar-refractivity contribution in [1.29, 1.82) is 0 Å². The molecule has 2 heterocycles. The molecular formula is C24H16ClN3O3S2. The molecule has 3 aromatic rings. The van der Waals surface area contributed by atoms with E-state index in [0.29, 0.717) is 26.9 Å². The Morgan fingerprint density at radius 3 is 2.52 bits per heavy atom. The number of benzene rings is 2. The second-order valence-electron chi connectivity index (χ2n) is 6.91. The second-order valence-corrected chi connectivity index (χ2v) is 8.70. The van der Waals surface area contributed by atoms with Crippen molar-refractivity contribution >= 4 is 70.1 Å². The fourth-order valence-electron chi connectivity index (χ4n) is 3.11. The second kappa shape index (κ2) is 10.1. The molecule has 1 fully saturated rings. The van der Waals surface area contributed by atoms with Gasteiger partial charge in [0.1, 0.15) is 10.6 Å². The lowest BCUT2D eigenvalue weighted by Gasteiger charge is -2.29. The predicted molar refractivity (Wildman–Crippen MR) is 133 cm³/mol. The Morgan fingerprint density at radius 2 is 1.79 bits per heavy atom. The summed E-state index contributed by atoms with van der Waals surface area (Å²) in [5.74, 6) is -1.05. The zero-order valence-electron chi connectivity index (χ0n) is 17.0. The molecule has 1 aliphatic heterocycles. The first-order valence-corrected chi connectivity index (χ1v) is 11.5. The Kier molecular flexibility index (Phi) is 6.98. The van der Waals surface area contributed by atoms with Gasteiger partial charge in [0.2, 0.25) is 0 Å². The van der Waals surface area contributed by atoms with Crippen LogP contribution < -0.4 is 10.2 Å². The lowest BCUT2D eigenvalue weighted by atomic mass is 10.1. The van der Waals surface area contributed by atoms with Gasteiger partial charge < -0.3 is 0 Å².